The molecule has 0 bridgehead atoms. The van der Waals surface area contributed by atoms with Gasteiger partial charge in [0.1, 0.15) is 6.10 Å². The zero-order valence-electron chi connectivity index (χ0n) is 13.9. The van der Waals surface area contributed by atoms with Gasteiger partial charge in [0.2, 0.25) is 0 Å². The Morgan fingerprint density at radius 2 is 1.57 bits per heavy atom. The molecule has 0 aromatic heterocycles. The third kappa shape index (κ3) is 13.9. The van der Waals surface area contributed by atoms with Gasteiger partial charge in [-0.15, -0.1) is 0 Å². The van der Waals surface area contributed by atoms with Crippen LogP contribution in [0, 0.1) is 0 Å². The predicted octanol–water partition coefficient (Wildman–Crippen LogP) is 3.89. The highest BCUT2D eigenvalue weighted by Crippen LogP contribution is 2.05. The van der Waals surface area contributed by atoms with E-state index in [4.69, 9.17) is 14.2 Å². The van der Waals surface area contributed by atoms with Crippen molar-refractivity contribution < 1.29 is 19.0 Å². The van der Waals surface area contributed by atoms with Crippen LogP contribution >= 0.6 is 0 Å². The summed E-state index contributed by atoms with van der Waals surface area (Å²) in [6.45, 7) is 8.01. The van der Waals surface area contributed by atoms with Gasteiger partial charge in [0, 0.05) is 19.3 Å². The number of hydrogen-bond acceptors (Lipinski definition) is 4. The first kappa shape index (κ1) is 20.1. The van der Waals surface area contributed by atoms with Crippen molar-refractivity contribution in [2.45, 2.75) is 65.4 Å². The molecule has 124 valence electrons. The van der Waals surface area contributed by atoms with Gasteiger partial charge >= 0.3 is 5.97 Å². The maximum Gasteiger partial charge on any atom is 0.330 e. The first-order valence-electron chi connectivity index (χ1n) is 8.27. The molecule has 0 N–H and O–H groups in total. The van der Waals surface area contributed by atoms with E-state index in [0.29, 0.717) is 26.4 Å². The third-order valence-corrected chi connectivity index (χ3v) is 3.03. The summed E-state index contributed by atoms with van der Waals surface area (Å²) in [5, 5.41) is 0. The summed E-state index contributed by atoms with van der Waals surface area (Å²) in [6, 6.07) is 0. The highest BCUT2D eigenvalue weighted by atomic mass is 16.6. The summed E-state index contributed by atoms with van der Waals surface area (Å²) in [4.78, 5) is 11.7. The molecular weight excluding hydrogens is 268 g/mol. The lowest BCUT2D eigenvalue weighted by molar-refractivity contribution is -0.149. The molecule has 0 aromatic carbocycles. The van der Waals surface area contributed by atoms with E-state index in [1.54, 1.807) is 0 Å². The highest BCUT2D eigenvalue weighted by molar-refractivity contribution is 5.82. The van der Waals surface area contributed by atoms with E-state index < -0.39 is 0 Å². The van der Waals surface area contributed by atoms with Gasteiger partial charge in [-0.05, 0) is 26.7 Å². The average Bonchev–Trinajstić information content (AvgIpc) is 2.49. The van der Waals surface area contributed by atoms with E-state index in [1.165, 1.54) is 31.8 Å². The Bertz CT molecular complexity index is 256. The van der Waals surface area contributed by atoms with Crippen LogP contribution in [0.5, 0.6) is 0 Å². The number of unbranched alkanes of at least 4 members (excludes halogenated alkanes) is 5. The molecule has 0 aliphatic carbocycles. The van der Waals surface area contributed by atoms with Crippen molar-refractivity contribution in [1.82, 2.24) is 0 Å². The van der Waals surface area contributed by atoms with Crippen molar-refractivity contribution in [2.24, 2.45) is 0 Å². The van der Waals surface area contributed by atoms with Crippen LogP contribution in [0.2, 0.25) is 0 Å². The Balaban J connectivity index is 3.83. The molecule has 0 saturated heterocycles. The first-order chi connectivity index (χ1) is 10.2. The highest BCUT2D eigenvalue weighted by Gasteiger charge is 2.12. The fourth-order valence-electron chi connectivity index (χ4n) is 1.86. The molecule has 0 heterocycles. The van der Waals surface area contributed by atoms with Crippen molar-refractivity contribution in [3.63, 3.8) is 0 Å². The Morgan fingerprint density at radius 1 is 0.952 bits per heavy atom. The van der Waals surface area contributed by atoms with E-state index in [2.05, 4.69) is 6.92 Å². The van der Waals surface area contributed by atoms with Crippen LogP contribution in [0.1, 0.15) is 59.3 Å². The molecule has 4 heteroatoms. The molecule has 0 rings (SSSR count). The van der Waals surface area contributed by atoms with Gasteiger partial charge in [0.15, 0.2) is 0 Å². The van der Waals surface area contributed by atoms with Crippen molar-refractivity contribution in [3.8, 4) is 0 Å². The minimum absolute atomic E-state index is 0.312. The second-order valence-electron chi connectivity index (χ2n) is 4.98. The van der Waals surface area contributed by atoms with Gasteiger partial charge in [-0.2, -0.15) is 0 Å². The Hall–Kier alpha value is -0.870. The molecule has 0 unspecified atom stereocenters. The molecule has 0 amide bonds. The quantitative estimate of drug-likeness (QED) is 0.277. The largest absolute Gasteiger partial charge is 0.454 e. The maximum absolute atomic E-state index is 11.7. The number of carbonyl (C=O) groups excluding carboxylic acids is 1. The third-order valence-electron chi connectivity index (χ3n) is 3.03. The van der Waals surface area contributed by atoms with Crippen LogP contribution in [0.15, 0.2) is 12.2 Å². The van der Waals surface area contributed by atoms with Gasteiger partial charge in [-0.1, -0.05) is 38.7 Å². The minimum atomic E-state index is -0.327. The van der Waals surface area contributed by atoms with Crippen LogP contribution in [-0.4, -0.2) is 38.5 Å². The van der Waals surface area contributed by atoms with E-state index in [1.807, 2.05) is 19.9 Å². The molecule has 0 aliphatic rings. The summed E-state index contributed by atoms with van der Waals surface area (Å²) >= 11 is 0. The number of allylic oxidation sites excluding steroid dienone is 1. The average molecular weight is 300 g/mol. The monoisotopic (exact) mass is 300 g/mol. The molecule has 4 nitrogen and oxygen atoms in total. The van der Waals surface area contributed by atoms with Gasteiger partial charge in [-0.3, -0.25) is 0 Å². The molecule has 0 spiro atoms. The van der Waals surface area contributed by atoms with Crippen molar-refractivity contribution in [3.05, 3.63) is 12.2 Å². The van der Waals surface area contributed by atoms with E-state index in [9.17, 15) is 4.79 Å². The molecule has 0 fully saturated rings. The fraction of sp³-hybridized carbons (Fsp3) is 0.824. The van der Waals surface area contributed by atoms with Crippen LogP contribution in [0.4, 0.5) is 0 Å². The summed E-state index contributed by atoms with van der Waals surface area (Å²) < 4.78 is 15.9. The Kier molecular flexibility index (Phi) is 14.9. The lowest BCUT2D eigenvalue weighted by Gasteiger charge is -2.16. The van der Waals surface area contributed by atoms with E-state index in [0.717, 1.165) is 12.8 Å². The number of carbonyl (C=O) groups is 1. The number of hydrogen-bond donors (Lipinski definition) is 0. The molecular formula is C17H32O4. The van der Waals surface area contributed by atoms with Crippen LogP contribution in [0.3, 0.4) is 0 Å². The fourth-order valence-corrected chi connectivity index (χ4v) is 1.86. The SMILES string of the molecule is CCCCCCCC=CC(=O)OC(COCC)COCC. The molecule has 0 saturated carbocycles. The topological polar surface area (TPSA) is 44.8 Å². The molecule has 0 radical (unpaired) electrons. The normalized spacial score (nSPS) is 11.4. The smallest absolute Gasteiger partial charge is 0.330 e. The Labute approximate surface area is 129 Å². The van der Waals surface area contributed by atoms with E-state index >= 15 is 0 Å². The number of ether oxygens (including phenoxy) is 3. The zero-order chi connectivity index (χ0) is 15.8. The zero-order valence-corrected chi connectivity index (χ0v) is 13.9. The van der Waals surface area contributed by atoms with Crippen LogP contribution in [-0.2, 0) is 19.0 Å². The summed E-state index contributed by atoms with van der Waals surface area (Å²) in [5.41, 5.74) is 0. The minimum Gasteiger partial charge on any atom is -0.454 e. The molecule has 0 aliphatic heterocycles. The second kappa shape index (κ2) is 15.5. The number of esters is 1. The maximum atomic E-state index is 11.7. The summed E-state index contributed by atoms with van der Waals surface area (Å²) in [6.07, 6.45) is 10.2. The number of rotatable bonds is 14. The summed E-state index contributed by atoms with van der Waals surface area (Å²) in [7, 11) is 0. The summed E-state index contributed by atoms with van der Waals surface area (Å²) in [5.74, 6) is -0.312. The molecule has 21 heavy (non-hydrogen) atoms. The van der Waals surface area contributed by atoms with Crippen LogP contribution < -0.4 is 0 Å². The van der Waals surface area contributed by atoms with Crippen molar-refractivity contribution in [1.29, 1.82) is 0 Å². The first-order valence-corrected chi connectivity index (χ1v) is 8.27. The van der Waals surface area contributed by atoms with Crippen molar-refractivity contribution >= 4 is 5.97 Å². The standard InChI is InChI=1S/C17H32O4/c1-4-7-8-9-10-11-12-13-17(18)21-16(14-19-5-2)15-20-6-3/h12-13,16H,4-11,14-15H2,1-3H3. The molecule has 0 aromatic rings. The predicted molar refractivity (Wildman–Crippen MR) is 85.4 cm³/mol. The lowest BCUT2D eigenvalue weighted by Crippen LogP contribution is -2.28. The molecule has 0 atom stereocenters. The van der Waals surface area contributed by atoms with Crippen LogP contribution in [0.25, 0.3) is 0 Å². The second-order valence-corrected chi connectivity index (χ2v) is 4.98. The van der Waals surface area contributed by atoms with Crippen molar-refractivity contribution in [2.75, 3.05) is 26.4 Å². The van der Waals surface area contributed by atoms with Gasteiger partial charge in [-0.25, -0.2) is 4.79 Å². The van der Waals surface area contributed by atoms with Gasteiger partial charge in [0.25, 0.3) is 0 Å². The van der Waals surface area contributed by atoms with Gasteiger partial charge < -0.3 is 14.2 Å². The Morgan fingerprint density at radius 3 is 2.14 bits per heavy atom. The van der Waals surface area contributed by atoms with Gasteiger partial charge in [0.05, 0.1) is 13.2 Å². The van der Waals surface area contributed by atoms with E-state index in [-0.39, 0.29) is 12.1 Å². The lowest BCUT2D eigenvalue weighted by atomic mass is 10.1.